The molecule has 0 saturated heterocycles. The zero-order valence-electron chi connectivity index (χ0n) is 15.2. The Balaban J connectivity index is 1.74. The number of ketones is 1. The van der Waals surface area contributed by atoms with Gasteiger partial charge in [0.25, 0.3) is 5.91 Å². The smallest absolute Gasteiger partial charge is 0.306 e. The third kappa shape index (κ3) is 6.13. The predicted octanol–water partition coefficient (Wildman–Crippen LogP) is 4.03. The Morgan fingerprint density at radius 2 is 1.73 bits per heavy atom. The normalized spacial score (nSPS) is 14.7. The molecule has 1 aliphatic rings. The maximum Gasteiger partial charge on any atom is 0.306 e. The van der Waals surface area contributed by atoms with Crippen LogP contribution in [-0.2, 0) is 14.3 Å². The van der Waals surface area contributed by atoms with Gasteiger partial charge in [-0.2, -0.15) is 0 Å². The summed E-state index contributed by atoms with van der Waals surface area (Å²) in [4.78, 5) is 38.0. The second-order valence-corrected chi connectivity index (χ2v) is 7.00. The number of carbonyl (C=O) groups is 3. The molecule has 1 fully saturated rings. The first-order valence-electron chi connectivity index (χ1n) is 9.25. The van der Waals surface area contributed by atoms with Crippen LogP contribution in [0.3, 0.4) is 0 Å². The Hall–Kier alpha value is -1.88. The molecular weight excluding hydrogens is 354 g/mol. The topological polar surface area (TPSA) is 63.7 Å². The van der Waals surface area contributed by atoms with Crippen molar-refractivity contribution in [2.24, 2.45) is 0 Å². The van der Waals surface area contributed by atoms with Crippen molar-refractivity contribution in [3.05, 3.63) is 34.9 Å². The highest BCUT2D eigenvalue weighted by atomic mass is 35.5. The minimum atomic E-state index is -0.527. The van der Waals surface area contributed by atoms with E-state index >= 15 is 0 Å². The van der Waals surface area contributed by atoms with Gasteiger partial charge in [-0.05, 0) is 44.0 Å². The first-order chi connectivity index (χ1) is 12.5. The molecule has 0 N–H and O–H groups in total. The quantitative estimate of drug-likeness (QED) is 0.505. The van der Waals surface area contributed by atoms with Crippen LogP contribution in [0.2, 0.25) is 5.02 Å². The molecule has 5 nitrogen and oxygen atoms in total. The molecule has 1 aliphatic carbocycles. The predicted molar refractivity (Wildman–Crippen MR) is 100 cm³/mol. The van der Waals surface area contributed by atoms with E-state index in [2.05, 4.69) is 0 Å². The second-order valence-electron chi connectivity index (χ2n) is 6.56. The zero-order chi connectivity index (χ0) is 18.9. The van der Waals surface area contributed by atoms with Crippen molar-refractivity contribution >= 4 is 29.3 Å². The lowest BCUT2D eigenvalue weighted by molar-refractivity contribution is -0.153. The average molecular weight is 380 g/mol. The lowest BCUT2D eigenvalue weighted by atomic mass is 9.94. The molecule has 1 amide bonds. The molecule has 0 spiro atoms. The van der Waals surface area contributed by atoms with Gasteiger partial charge >= 0.3 is 5.97 Å². The molecule has 142 valence electrons. The first kappa shape index (κ1) is 20.4. The molecule has 26 heavy (non-hydrogen) atoms. The highest BCUT2D eigenvalue weighted by molar-refractivity contribution is 6.30. The van der Waals surface area contributed by atoms with Gasteiger partial charge in [-0.25, -0.2) is 0 Å². The fourth-order valence-electron chi connectivity index (χ4n) is 3.32. The maximum atomic E-state index is 12.3. The van der Waals surface area contributed by atoms with Gasteiger partial charge in [0, 0.05) is 29.6 Å². The molecule has 0 heterocycles. The van der Waals surface area contributed by atoms with Crippen LogP contribution >= 0.6 is 11.6 Å². The number of Topliss-reactive ketones (excluding diaryl/α,β-unsaturated/α-hetero) is 1. The minimum absolute atomic E-state index is 0.0374. The molecular formula is C20H26ClNO4. The lowest BCUT2D eigenvalue weighted by Gasteiger charge is -2.33. The molecule has 0 bridgehead atoms. The second kappa shape index (κ2) is 10.3. The van der Waals surface area contributed by atoms with Crippen molar-refractivity contribution in [3.8, 4) is 0 Å². The van der Waals surface area contributed by atoms with Gasteiger partial charge in [-0.15, -0.1) is 0 Å². The highest BCUT2D eigenvalue weighted by Gasteiger charge is 2.24. The van der Waals surface area contributed by atoms with E-state index in [4.69, 9.17) is 16.3 Å². The van der Waals surface area contributed by atoms with Crippen LogP contribution in [0.5, 0.6) is 0 Å². The SMILES string of the molecule is CCN(C(=O)COC(=O)CCC(=O)c1ccc(Cl)cc1)C1CCCCC1. The van der Waals surface area contributed by atoms with Crippen LogP contribution in [0, 0.1) is 0 Å². The summed E-state index contributed by atoms with van der Waals surface area (Å²) >= 11 is 5.79. The number of esters is 1. The standard InChI is InChI=1S/C20H26ClNO4/c1-2-22(17-6-4-3-5-7-17)19(24)14-26-20(25)13-12-18(23)15-8-10-16(21)11-9-15/h8-11,17H,2-7,12-14H2,1H3. The van der Waals surface area contributed by atoms with E-state index in [1.165, 1.54) is 6.42 Å². The zero-order valence-corrected chi connectivity index (χ0v) is 16.0. The van der Waals surface area contributed by atoms with E-state index in [-0.39, 0.29) is 37.2 Å². The molecule has 1 saturated carbocycles. The largest absolute Gasteiger partial charge is 0.456 e. The molecule has 0 radical (unpaired) electrons. The van der Waals surface area contributed by atoms with Crippen LogP contribution in [0.1, 0.15) is 62.2 Å². The highest BCUT2D eigenvalue weighted by Crippen LogP contribution is 2.22. The summed E-state index contributed by atoms with van der Waals surface area (Å²) in [6.45, 7) is 2.31. The number of likely N-dealkylation sites (N-methyl/N-ethyl adjacent to an activating group) is 1. The molecule has 0 unspecified atom stereocenters. The van der Waals surface area contributed by atoms with Crippen molar-refractivity contribution in [1.29, 1.82) is 0 Å². The van der Waals surface area contributed by atoms with E-state index in [0.29, 0.717) is 17.1 Å². The molecule has 0 atom stereocenters. The molecule has 0 aromatic heterocycles. The Labute approximate surface area is 159 Å². The summed E-state index contributed by atoms with van der Waals surface area (Å²) in [6.07, 6.45) is 5.55. The number of hydrogen-bond acceptors (Lipinski definition) is 4. The van der Waals surface area contributed by atoms with Gasteiger partial charge in [0.15, 0.2) is 12.4 Å². The van der Waals surface area contributed by atoms with E-state index in [0.717, 1.165) is 25.7 Å². The van der Waals surface area contributed by atoms with Crippen LogP contribution in [-0.4, -0.2) is 41.8 Å². The number of hydrogen-bond donors (Lipinski definition) is 0. The van der Waals surface area contributed by atoms with Gasteiger partial charge in [0.05, 0.1) is 6.42 Å². The lowest BCUT2D eigenvalue weighted by Crippen LogP contribution is -2.43. The van der Waals surface area contributed by atoms with E-state index in [1.54, 1.807) is 24.3 Å². The molecule has 1 aromatic rings. The van der Waals surface area contributed by atoms with Gasteiger partial charge in [-0.1, -0.05) is 30.9 Å². The average Bonchev–Trinajstić information content (AvgIpc) is 2.66. The molecule has 1 aromatic carbocycles. The summed E-state index contributed by atoms with van der Waals surface area (Å²) in [6, 6.07) is 6.78. The molecule has 2 rings (SSSR count). The van der Waals surface area contributed by atoms with Crippen molar-refractivity contribution < 1.29 is 19.1 Å². The number of rotatable bonds is 8. The Morgan fingerprint density at radius 1 is 1.08 bits per heavy atom. The third-order valence-corrected chi connectivity index (χ3v) is 5.01. The van der Waals surface area contributed by atoms with E-state index in [9.17, 15) is 14.4 Å². The van der Waals surface area contributed by atoms with Crippen LogP contribution in [0.25, 0.3) is 0 Å². The Morgan fingerprint density at radius 3 is 2.35 bits per heavy atom. The van der Waals surface area contributed by atoms with Crippen molar-refractivity contribution in [2.45, 2.75) is 57.9 Å². The van der Waals surface area contributed by atoms with Gasteiger partial charge in [0.2, 0.25) is 0 Å². The van der Waals surface area contributed by atoms with Crippen molar-refractivity contribution in [3.63, 3.8) is 0 Å². The van der Waals surface area contributed by atoms with Crippen LogP contribution < -0.4 is 0 Å². The van der Waals surface area contributed by atoms with Crippen molar-refractivity contribution in [1.82, 2.24) is 4.90 Å². The fourth-order valence-corrected chi connectivity index (χ4v) is 3.45. The van der Waals surface area contributed by atoms with Crippen LogP contribution in [0.4, 0.5) is 0 Å². The van der Waals surface area contributed by atoms with Gasteiger partial charge in [0.1, 0.15) is 0 Å². The summed E-state index contributed by atoms with van der Waals surface area (Å²) in [5.41, 5.74) is 0.507. The number of benzene rings is 1. The summed E-state index contributed by atoms with van der Waals surface area (Å²) < 4.78 is 5.08. The number of ether oxygens (including phenoxy) is 1. The first-order valence-corrected chi connectivity index (χ1v) is 9.63. The van der Waals surface area contributed by atoms with Gasteiger partial charge in [-0.3, -0.25) is 14.4 Å². The monoisotopic (exact) mass is 379 g/mol. The summed E-state index contributed by atoms with van der Waals surface area (Å²) in [5.74, 6) is -0.834. The minimum Gasteiger partial charge on any atom is -0.456 e. The number of halogens is 1. The molecule has 0 aliphatic heterocycles. The van der Waals surface area contributed by atoms with Gasteiger partial charge < -0.3 is 9.64 Å². The number of amides is 1. The summed E-state index contributed by atoms with van der Waals surface area (Å²) in [5, 5.41) is 0.554. The maximum absolute atomic E-state index is 12.3. The Kier molecular flexibility index (Phi) is 8.10. The van der Waals surface area contributed by atoms with Crippen molar-refractivity contribution in [2.75, 3.05) is 13.2 Å². The third-order valence-electron chi connectivity index (χ3n) is 4.76. The van der Waals surface area contributed by atoms with E-state index in [1.807, 2.05) is 11.8 Å². The van der Waals surface area contributed by atoms with E-state index < -0.39 is 5.97 Å². The Bertz CT molecular complexity index is 623. The number of nitrogens with zero attached hydrogens (tertiary/aromatic N) is 1. The summed E-state index contributed by atoms with van der Waals surface area (Å²) in [7, 11) is 0. The van der Waals surface area contributed by atoms with Crippen LogP contribution in [0.15, 0.2) is 24.3 Å². The molecule has 6 heteroatoms. The number of carbonyl (C=O) groups excluding carboxylic acids is 3. The fraction of sp³-hybridized carbons (Fsp3) is 0.550.